The van der Waals surface area contributed by atoms with E-state index in [0.717, 1.165) is 11.1 Å². The maximum Gasteiger partial charge on any atom is 0.253 e. The van der Waals surface area contributed by atoms with Crippen LogP contribution in [0.5, 0.6) is 5.75 Å². The zero-order valence-corrected chi connectivity index (χ0v) is 29.9. The monoisotopic (exact) mass is 599 g/mol. The lowest BCUT2D eigenvalue weighted by Crippen LogP contribution is -2.44. The van der Waals surface area contributed by atoms with Gasteiger partial charge in [-0.15, -0.1) is 0 Å². The van der Waals surface area contributed by atoms with E-state index < -0.39 is 16.4 Å². The van der Waals surface area contributed by atoms with Crippen LogP contribution in [-0.4, -0.2) is 16.4 Å². The smallest absolute Gasteiger partial charge is 0.253 e. The van der Waals surface area contributed by atoms with Gasteiger partial charge in [0, 0.05) is 5.39 Å². The maximum absolute atomic E-state index is 14.3. The van der Waals surface area contributed by atoms with Crippen LogP contribution in [0.15, 0.2) is 30.3 Å². The first-order valence-electron chi connectivity index (χ1n) is 17.6. The van der Waals surface area contributed by atoms with Gasteiger partial charge in [0.2, 0.25) is 0 Å². The Balaban J connectivity index is 2.05. The molecule has 0 aromatic heterocycles. The highest BCUT2D eigenvalue weighted by Gasteiger charge is 2.39. The molecule has 1 unspecified atom stereocenters. The fourth-order valence-electron chi connectivity index (χ4n) is 7.38. The van der Waals surface area contributed by atoms with Crippen molar-refractivity contribution in [1.82, 2.24) is 0 Å². The molecule has 2 aromatic rings. The van der Waals surface area contributed by atoms with Crippen LogP contribution in [0.4, 0.5) is 4.39 Å². The van der Waals surface area contributed by atoms with E-state index in [1.807, 2.05) is 18.2 Å². The third kappa shape index (κ3) is 12.2. The van der Waals surface area contributed by atoms with Crippen molar-refractivity contribution >= 4 is 27.2 Å². The molecular formula is C37H64FOSi2. The normalized spacial score (nSPS) is 13.7. The van der Waals surface area contributed by atoms with E-state index in [2.05, 4.69) is 53.7 Å². The summed E-state index contributed by atoms with van der Waals surface area (Å²) in [6, 6.07) is 20.9. The Labute approximate surface area is 256 Å². The number of hydrogen-bond acceptors (Lipinski definition) is 1. The lowest BCUT2D eigenvalue weighted by molar-refractivity contribution is 0.494. The van der Waals surface area contributed by atoms with Gasteiger partial charge in [-0.3, -0.25) is 0 Å². The molecule has 1 atom stereocenters. The van der Waals surface area contributed by atoms with E-state index in [1.165, 1.54) is 126 Å². The molecule has 0 aliphatic heterocycles. The largest absolute Gasteiger partial charge is 0.543 e. The Morgan fingerprint density at radius 3 is 1.73 bits per heavy atom. The summed E-state index contributed by atoms with van der Waals surface area (Å²) in [6.45, 7) is 14.3. The third-order valence-electron chi connectivity index (χ3n) is 9.70. The van der Waals surface area contributed by atoms with E-state index in [4.69, 9.17) is 4.43 Å². The summed E-state index contributed by atoms with van der Waals surface area (Å²) >= 11 is 0. The minimum absolute atomic E-state index is 0.201. The molecule has 1 radical (unpaired) electrons. The van der Waals surface area contributed by atoms with Crippen LogP contribution in [0.25, 0.3) is 10.8 Å². The Hall–Kier alpha value is -1.14. The summed E-state index contributed by atoms with van der Waals surface area (Å²) < 4.78 is 21.4. The standard InChI is InChI=1S/C37H64FOSi2/c1-7-11-12-13-14-15-19-30-41(33(5)6,39-35-24-25-36-34(32-35)22-21-23-37(36)38)31-20-17-16-18-29-40(26-8-2,27-9-3)28-10-4/h22-25,32-33H,7-20,26-31H2,1-6H3. The van der Waals surface area contributed by atoms with Crippen molar-refractivity contribution in [2.45, 2.75) is 173 Å². The fraction of sp³-hybridized carbons (Fsp3) is 0.730. The molecule has 0 saturated carbocycles. The number of hydrogen-bond donors (Lipinski definition) is 0. The van der Waals surface area contributed by atoms with Gasteiger partial charge in [0.1, 0.15) is 11.6 Å². The summed E-state index contributed by atoms with van der Waals surface area (Å²) in [5.74, 6) is 0.739. The van der Waals surface area contributed by atoms with E-state index >= 15 is 0 Å². The molecule has 233 valence electrons. The van der Waals surface area contributed by atoms with E-state index in [9.17, 15) is 4.39 Å². The fourth-order valence-corrected chi connectivity index (χ4v) is 17.2. The first-order chi connectivity index (χ1) is 19.8. The maximum atomic E-state index is 14.3. The van der Waals surface area contributed by atoms with E-state index in [-0.39, 0.29) is 5.82 Å². The Kier molecular flexibility index (Phi) is 17.5. The van der Waals surface area contributed by atoms with Crippen LogP contribution in [0.2, 0.25) is 41.8 Å². The van der Waals surface area contributed by atoms with Crippen LogP contribution in [-0.2, 0) is 0 Å². The van der Waals surface area contributed by atoms with Gasteiger partial charge in [-0.05, 0) is 59.4 Å². The second-order valence-electron chi connectivity index (χ2n) is 13.4. The van der Waals surface area contributed by atoms with Gasteiger partial charge < -0.3 is 4.43 Å². The van der Waals surface area contributed by atoms with Crippen molar-refractivity contribution in [3.05, 3.63) is 42.2 Å². The Bertz CT molecular complexity index is 944. The number of fused-ring (bicyclic) bond motifs is 1. The Morgan fingerprint density at radius 2 is 1.20 bits per heavy atom. The molecule has 0 aliphatic carbocycles. The lowest BCUT2D eigenvalue weighted by atomic mass is 10.1. The minimum Gasteiger partial charge on any atom is -0.543 e. The molecule has 0 saturated heterocycles. The molecule has 0 bridgehead atoms. The molecule has 2 rings (SSSR count). The highest BCUT2D eigenvalue weighted by Crippen LogP contribution is 2.38. The predicted octanol–water partition coefficient (Wildman–Crippen LogP) is 13.5. The molecule has 0 fully saturated rings. The van der Waals surface area contributed by atoms with Gasteiger partial charge in [-0.1, -0.05) is 156 Å². The average molecular weight is 600 g/mol. The lowest BCUT2D eigenvalue weighted by Gasteiger charge is -2.36. The van der Waals surface area contributed by atoms with Crippen LogP contribution >= 0.6 is 0 Å². The van der Waals surface area contributed by atoms with Crippen LogP contribution in [0, 0.1) is 11.9 Å². The van der Waals surface area contributed by atoms with Crippen LogP contribution in [0.1, 0.15) is 131 Å². The predicted molar refractivity (Wildman–Crippen MR) is 186 cm³/mol. The zero-order chi connectivity index (χ0) is 30.0. The average Bonchev–Trinajstić information content (AvgIpc) is 2.94. The summed E-state index contributed by atoms with van der Waals surface area (Å²) in [6.07, 6.45) is 19.0. The van der Waals surface area contributed by atoms with Crippen molar-refractivity contribution < 1.29 is 8.82 Å². The Morgan fingerprint density at radius 1 is 0.659 bits per heavy atom. The molecule has 0 N–H and O–H groups in total. The van der Waals surface area contributed by atoms with Crippen molar-refractivity contribution in [3.8, 4) is 5.75 Å². The molecule has 0 amide bonds. The van der Waals surface area contributed by atoms with Crippen LogP contribution in [0.3, 0.4) is 0 Å². The number of halogens is 1. The highest BCUT2D eigenvalue weighted by atomic mass is 28.4. The van der Waals surface area contributed by atoms with Gasteiger partial charge in [0.15, 0.2) is 0 Å². The quantitative estimate of drug-likeness (QED) is 0.0861. The number of unbranched alkanes of at least 4 members (excludes halogenated alkanes) is 9. The van der Waals surface area contributed by atoms with Gasteiger partial charge in [-0.25, -0.2) is 4.39 Å². The SMILES string of the molecule is CCCCCCCCC[Si](CCCCCC[Si](CCC)(CCC)CCC)(Oc1ccc2c(F)c[c]cc2c1)C(C)C. The van der Waals surface area contributed by atoms with Gasteiger partial charge in [0.05, 0.1) is 8.07 Å². The van der Waals surface area contributed by atoms with Crippen molar-refractivity contribution in [2.24, 2.45) is 0 Å². The molecule has 4 heteroatoms. The molecule has 41 heavy (non-hydrogen) atoms. The van der Waals surface area contributed by atoms with Crippen molar-refractivity contribution in [2.75, 3.05) is 0 Å². The molecule has 1 nitrogen and oxygen atoms in total. The summed E-state index contributed by atoms with van der Waals surface area (Å²) in [5.41, 5.74) is 0.566. The number of rotatable bonds is 24. The molecule has 0 heterocycles. The summed E-state index contributed by atoms with van der Waals surface area (Å²) in [7, 11) is -3.09. The van der Waals surface area contributed by atoms with E-state index in [1.54, 1.807) is 6.04 Å². The van der Waals surface area contributed by atoms with Crippen molar-refractivity contribution in [3.63, 3.8) is 0 Å². The third-order valence-corrected chi connectivity index (χ3v) is 20.9. The number of benzene rings is 2. The molecule has 2 aromatic carbocycles. The van der Waals surface area contributed by atoms with Gasteiger partial charge in [0.25, 0.3) is 8.32 Å². The summed E-state index contributed by atoms with van der Waals surface area (Å²) in [4.78, 5) is 0. The summed E-state index contributed by atoms with van der Waals surface area (Å²) in [5, 5.41) is 1.55. The highest BCUT2D eigenvalue weighted by molar-refractivity contribution is 6.79. The van der Waals surface area contributed by atoms with E-state index in [0.29, 0.717) is 10.9 Å². The second kappa shape index (κ2) is 19.9. The van der Waals surface area contributed by atoms with Crippen molar-refractivity contribution in [1.29, 1.82) is 0 Å². The molecule has 0 aliphatic rings. The second-order valence-corrected chi connectivity index (χ2v) is 22.9. The zero-order valence-electron chi connectivity index (χ0n) is 27.9. The first-order valence-corrected chi connectivity index (χ1v) is 22.9. The van der Waals surface area contributed by atoms with Gasteiger partial charge in [-0.2, -0.15) is 0 Å². The minimum atomic E-state index is -2.02. The first kappa shape index (κ1) is 36.1. The van der Waals surface area contributed by atoms with Gasteiger partial charge >= 0.3 is 0 Å². The molecule has 0 spiro atoms. The van der Waals surface area contributed by atoms with Crippen LogP contribution < -0.4 is 4.43 Å². The molecular weight excluding hydrogens is 536 g/mol. The topological polar surface area (TPSA) is 9.23 Å².